The summed E-state index contributed by atoms with van der Waals surface area (Å²) in [7, 11) is 0. The predicted molar refractivity (Wildman–Crippen MR) is 61.7 cm³/mol. The summed E-state index contributed by atoms with van der Waals surface area (Å²) < 4.78 is 1.93. The summed E-state index contributed by atoms with van der Waals surface area (Å²) in [5.41, 5.74) is 1.29. The van der Waals surface area contributed by atoms with Crippen LogP contribution in [0.5, 0.6) is 0 Å². The van der Waals surface area contributed by atoms with Gasteiger partial charge >= 0.3 is 5.97 Å². The van der Waals surface area contributed by atoms with Crippen LogP contribution in [-0.4, -0.2) is 20.9 Å². The minimum absolute atomic E-state index is 0.302. The topological polar surface area (TPSA) is 55.1 Å². The van der Waals surface area contributed by atoms with Crippen molar-refractivity contribution in [2.45, 2.75) is 26.3 Å². The Morgan fingerprint density at radius 1 is 1.56 bits per heavy atom. The highest BCUT2D eigenvalue weighted by atomic mass is 16.4. The van der Waals surface area contributed by atoms with Gasteiger partial charge in [-0.1, -0.05) is 6.92 Å². The van der Waals surface area contributed by atoms with Crippen molar-refractivity contribution < 1.29 is 9.90 Å². The zero-order chi connectivity index (χ0) is 11.7. The molecule has 1 N–H and O–H groups in total. The fourth-order valence-corrected chi connectivity index (χ4v) is 1.71. The number of benzene rings is 1. The van der Waals surface area contributed by atoms with Crippen LogP contribution in [-0.2, 0) is 0 Å². The summed E-state index contributed by atoms with van der Waals surface area (Å²) in [6.45, 7) is 4.20. The molecule has 0 radical (unpaired) electrons. The monoisotopic (exact) mass is 218 g/mol. The molecule has 1 aromatic carbocycles. The normalized spacial score (nSPS) is 12.9. The molecule has 0 saturated heterocycles. The molecule has 0 spiro atoms. The SMILES string of the molecule is CCC(C)n1ncc2cc(C(=O)O)ccc21. The van der Waals surface area contributed by atoms with Crippen LogP contribution in [0, 0.1) is 0 Å². The first-order valence-corrected chi connectivity index (χ1v) is 5.34. The Labute approximate surface area is 93.5 Å². The van der Waals surface area contributed by atoms with E-state index in [1.54, 1.807) is 18.3 Å². The van der Waals surface area contributed by atoms with Crippen molar-refractivity contribution in [2.75, 3.05) is 0 Å². The van der Waals surface area contributed by atoms with Crippen molar-refractivity contribution in [2.24, 2.45) is 0 Å². The molecule has 4 nitrogen and oxygen atoms in total. The maximum absolute atomic E-state index is 10.8. The van der Waals surface area contributed by atoms with Gasteiger partial charge in [-0.3, -0.25) is 4.68 Å². The lowest BCUT2D eigenvalue weighted by Gasteiger charge is -2.10. The van der Waals surface area contributed by atoms with Gasteiger partial charge in [-0.2, -0.15) is 5.10 Å². The van der Waals surface area contributed by atoms with Crippen LogP contribution in [0.25, 0.3) is 10.9 Å². The molecular weight excluding hydrogens is 204 g/mol. The van der Waals surface area contributed by atoms with Crippen LogP contribution in [0.2, 0.25) is 0 Å². The molecule has 2 rings (SSSR count). The lowest BCUT2D eigenvalue weighted by molar-refractivity contribution is 0.0697. The molecule has 84 valence electrons. The van der Waals surface area contributed by atoms with Gasteiger partial charge in [-0.15, -0.1) is 0 Å². The van der Waals surface area contributed by atoms with Crippen LogP contribution in [0.4, 0.5) is 0 Å². The zero-order valence-electron chi connectivity index (χ0n) is 9.34. The standard InChI is InChI=1S/C12H14N2O2/c1-3-8(2)14-11-5-4-9(12(15)16)6-10(11)7-13-14/h4-8H,3H2,1-2H3,(H,15,16). The molecule has 0 aliphatic carbocycles. The maximum Gasteiger partial charge on any atom is 0.335 e. The molecule has 1 atom stereocenters. The minimum Gasteiger partial charge on any atom is -0.478 e. The fraction of sp³-hybridized carbons (Fsp3) is 0.333. The Hall–Kier alpha value is -1.84. The summed E-state index contributed by atoms with van der Waals surface area (Å²) in [5.74, 6) is -0.904. The van der Waals surface area contributed by atoms with Gasteiger partial charge in [0.25, 0.3) is 0 Å². The first-order valence-electron chi connectivity index (χ1n) is 5.34. The summed E-state index contributed by atoms with van der Waals surface area (Å²) in [6, 6.07) is 5.42. The number of nitrogens with zero attached hydrogens (tertiary/aromatic N) is 2. The molecule has 16 heavy (non-hydrogen) atoms. The third-order valence-electron chi connectivity index (χ3n) is 2.85. The molecule has 0 aliphatic rings. The van der Waals surface area contributed by atoms with Crippen LogP contribution in [0.1, 0.15) is 36.7 Å². The molecule has 1 unspecified atom stereocenters. The molecule has 0 aliphatic heterocycles. The molecule has 1 heterocycles. The van der Waals surface area contributed by atoms with E-state index < -0.39 is 5.97 Å². The average Bonchev–Trinajstić information content (AvgIpc) is 2.70. The van der Waals surface area contributed by atoms with Crippen molar-refractivity contribution in [3.05, 3.63) is 30.0 Å². The third-order valence-corrected chi connectivity index (χ3v) is 2.85. The maximum atomic E-state index is 10.8. The van der Waals surface area contributed by atoms with Gasteiger partial charge in [-0.05, 0) is 31.5 Å². The number of carboxylic acids is 1. The smallest absolute Gasteiger partial charge is 0.335 e. The van der Waals surface area contributed by atoms with Gasteiger partial charge < -0.3 is 5.11 Å². The predicted octanol–water partition coefficient (Wildman–Crippen LogP) is 2.71. The van der Waals surface area contributed by atoms with E-state index in [0.717, 1.165) is 17.3 Å². The molecule has 0 fully saturated rings. The lowest BCUT2D eigenvalue weighted by Crippen LogP contribution is -2.05. The Morgan fingerprint density at radius 3 is 2.94 bits per heavy atom. The molecule has 1 aromatic heterocycles. The molecule has 0 amide bonds. The van der Waals surface area contributed by atoms with Crippen LogP contribution in [0.15, 0.2) is 24.4 Å². The van der Waals surface area contributed by atoms with E-state index in [-0.39, 0.29) is 0 Å². The van der Waals surface area contributed by atoms with Crippen molar-refractivity contribution in [1.82, 2.24) is 9.78 Å². The number of carbonyl (C=O) groups is 1. The quantitative estimate of drug-likeness (QED) is 0.861. The number of hydrogen-bond acceptors (Lipinski definition) is 2. The minimum atomic E-state index is -0.904. The largest absolute Gasteiger partial charge is 0.478 e. The fourth-order valence-electron chi connectivity index (χ4n) is 1.71. The highest BCUT2D eigenvalue weighted by molar-refractivity contribution is 5.93. The van der Waals surface area contributed by atoms with Crippen molar-refractivity contribution in [3.8, 4) is 0 Å². The molecule has 4 heteroatoms. The second-order valence-corrected chi connectivity index (χ2v) is 3.93. The van der Waals surface area contributed by atoms with Gasteiger partial charge in [0, 0.05) is 11.4 Å². The second kappa shape index (κ2) is 3.96. The van der Waals surface area contributed by atoms with Crippen LogP contribution >= 0.6 is 0 Å². The summed E-state index contributed by atoms with van der Waals surface area (Å²) >= 11 is 0. The number of carboxylic acid groups (broad SMARTS) is 1. The van der Waals surface area contributed by atoms with Crippen LogP contribution in [0.3, 0.4) is 0 Å². The van der Waals surface area contributed by atoms with Gasteiger partial charge in [0.05, 0.1) is 17.3 Å². The lowest BCUT2D eigenvalue weighted by atomic mass is 10.1. The zero-order valence-corrected chi connectivity index (χ0v) is 9.34. The van der Waals surface area contributed by atoms with Gasteiger partial charge in [0.15, 0.2) is 0 Å². The number of aromatic nitrogens is 2. The third kappa shape index (κ3) is 1.66. The Morgan fingerprint density at radius 2 is 2.31 bits per heavy atom. The van der Waals surface area contributed by atoms with E-state index in [9.17, 15) is 4.79 Å². The average molecular weight is 218 g/mol. The highest BCUT2D eigenvalue weighted by Crippen LogP contribution is 2.20. The van der Waals surface area contributed by atoms with E-state index in [0.29, 0.717) is 11.6 Å². The molecule has 0 saturated carbocycles. The first kappa shape index (κ1) is 10.7. The van der Waals surface area contributed by atoms with Gasteiger partial charge in [-0.25, -0.2) is 4.79 Å². The number of hydrogen-bond donors (Lipinski definition) is 1. The van der Waals surface area contributed by atoms with Crippen molar-refractivity contribution in [3.63, 3.8) is 0 Å². The first-order chi connectivity index (χ1) is 7.63. The Bertz CT molecular complexity index is 531. The Balaban J connectivity index is 2.54. The van der Waals surface area contributed by atoms with E-state index >= 15 is 0 Å². The Kier molecular flexibility index (Phi) is 2.64. The summed E-state index contributed by atoms with van der Waals surface area (Å²) in [4.78, 5) is 10.8. The second-order valence-electron chi connectivity index (χ2n) is 3.93. The number of aromatic carboxylic acids is 1. The molecular formula is C12H14N2O2. The van der Waals surface area contributed by atoms with Crippen molar-refractivity contribution in [1.29, 1.82) is 0 Å². The molecule has 0 bridgehead atoms. The van der Waals surface area contributed by atoms with E-state index in [4.69, 9.17) is 5.11 Å². The van der Waals surface area contributed by atoms with Crippen LogP contribution < -0.4 is 0 Å². The summed E-state index contributed by atoms with van der Waals surface area (Å²) in [6.07, 6.45) is 2.71. The number of fused-ring (bicyclic) bond motifs is 1. The van der Waals surface area contributed by atoms with Gasteiger partial charge in [0.1, 0.15) is 0 Å². The van der Waals surface area contributed by atoms with Crippen molar-refractivity contribution >= 4 is 16.9 Å². The van der Waals surface area contributed by atoms with E-state index in [1.165, 1.54) is 0 Å². The van der Waals surface area contributed by atoms with Gasteiger partial charge in [0.2, 0.25) is 0 Å². The van der Waals surface area contributed by atoms with E-state index in [2.05, 4.69) is 18.9 Å². The molecule has 2 aromatic rings. The van der Waals surface area contributed by atoms with E-state index in [1.807, 2.05) is 10.7 Å². The highest BCUT2D eigenvalue weighted by Gasteiger charge is 2.10. The summed E-state index contributed by atoms with van der Waals surface area (Å²) in [5, 5.41) is 14.0. The number of rotatable bonds is 3.